The van der Waals surface area contributed by atoms with Crippen LogP contribution >= 0.6 is 0 Å². The van der Waals surface area contributed by atoms with Crippen LogP contribution in [0.2, 0.25) is 0 Å². The molecule has 0 heterocycles. The molecule has 4 N–H and O–H groups in total. The molecule has 82 valence electrons. The number of hydrogen-bond donors (Lipinski definition) is 2. The molecule has 0 radical (unpaired) electrons. The van der Waals surface area contributed by atoms with E-state index < -0.39 is 18.1 Å². The van der Waals surface area contributed by atoms with Gasteiger partial charge in [-0.2, -0.15) is 13.2 Å². The monoisotopic (exact) mass is 218 g/mol. The Morgan fingerprint density at radius 1 is 1.27 bits per heavy atom. The van der Waals surface area contributed by atoms with Crippen molar-refractivity contribution in [3.63, 3.8) is 0 Å². The first-order chi connectivity index (χ1) is 6.84. The summed E-state index contributed by atoms with van der Waals surface area (Å²) in [6.45, 7) is 0. The summed E-state index contributed by atoms with van der Waals surface area (Å²) in [5, 5.41) is 0. The van der Waals surface area contributed by atoms with Crippen LogP contribution in [0.1, 0.15) is 22.0 Å². The fraction of sp³-hybridized carbons (Fsp3) is 0.222. The molecule has 1 aromatic rings. The van der Waals surface area contributed by atoms with Crippen molar-refractivity contribution in [2.45, 2.75) is 12.2 Å². The second-order valence-corrected chi connectivity index (χ2v) is 2.97. The number of primary amides is 1. The highest BCUT2D eigenvalue weighted by Gasteiger charge is 2.39. The highest BCUT2D eigenvalue weighted by Crippen LogP contribution is 2.31. The first kappa shape index (κ1) is 11.5. The van der Waals surface area contributed by atoms with Crippen molar-refractivity contribution in [1.29, 1.82) is 0 Å². The number of benzene rings is 1. The van der Waals surface area contributed by atoms with Gasteiger partial charge in [0, 0.05) is 5.56 Å². The molecule has 0 aromatic heterocycles. The third kappa shape index (κ3) is 2.47. The third-order valence-electron chi connectivity index (χ3n) is 1.91. The number of carbonyl (C=O) groups is 1. The molecule has 0 saturated heterocycles. The minimum atomic E-state index is -4.59. The molecule has 0 saturated carbocycles. The van der Waals surface area contributed by atoms with E-state index in [1.54, 1.807) is 0 Å². The van der Waals surface area contributed by atoms with Gasteiger partial charge in [0.1, 0.15) is 6.04 Å². The van der Waals surface area contributed by atoms with Crippen LogP contribution in [0, 0.1) is 0 Å². The van der Waals surface area contributed by atoms with Gasteiger partial charge in [-0.1, -0.05) is 18.2 Å². The summed E-state index contributed by atoms with van der Waals surface area (Å²) in [4.78, 5) is 10.9. The first-order valence-corrected chi connectivity index (χ1v) is 4.05. The summed E-state index contributed by atoms with van der Waals surface area (Å²) >= 11 is 0. The fourth-order valence-electron chi connectivity index (χ4n) is 1.17. The number of nitrogens with two attached hydrogens (primary N) is 2. The molecular formula is C9H9F3N2O. The van der Waals surface area contributed by atoms with Gasteiger partial charge >= 0.3 is 6.18 Å². The van der Waals surface area contributed by atoms with Gasteiger partial charge in [0.25, 0.3) is 0 Å². The van der Waals surface area contributed by atoms with E-state index in [0.29, 0.717) is 0 Å². The van der Waals surface area contributed by atoms with Crippen LogP contribution in [0.3, 0.4) is 0 Å². The lowest BCUT2D eigenvalue weighted by atomic mass is 10.0. The van der Waals surface area contributed by atoms with Crippen LogP contribution in [0.15, 0.2) is 24.3 Å². The maximum absolute atomic E-state index is 12.3. The molecule has 0 aliphatic carbocycles. The Balaban J connectivity index is 3.19. The van der Waals surface area contributed by atoms with Gasteiger partial charge in [0.15, 0.2) is 0 Å². The van der Waals surface area contributed by atoms with Gasteiger partial charge in [0.2, 0.25) is 5.91 Å². The lowest BCUT2D eigenvalue weighted by Gasteiger charge is -2.17. The maximum Gasteiger partial charge on any atom is 0.407 e. The lowest BCUT2D eigenvalue weighted by Crippen LogP contribution is -2.30. The average Bonchev–Trinajstić information content (AvgIpc) is 2.15. The fourth-order valence-corrected chi connectivity index (χ4v) is 1.17. The molecule has 6 heteroatoms. The summed E-state index contributed by atoms with van der Waals surface area (Å²) in [6, 6.07) is 2.95. The number of hydrogen-bond acceptors (Lipinski definition) is 2. The molecule has 0 bridgehead atoms. The Labute approximate surface area is 83.9 Å². The normalized spacial score (nSPS) is 13.6. The van der Waals surface area contributed by atoms with E-state index in [1.165, 1.54) is 18.2 Å². The van der Waals surface area contributed by atoms with Crippen molar-refractivity contribution in [1.82, 2.24) is 0 Å². The molecule has 0 aliphatic rings. The Morgan fingerprint density at radius 3 is 2.27 bits per heavy atom. The van der Waals surface area contributed by atoms with E-state index in [1.807, 2.05) is 0 Å². The Kier molecular flexibility index (Phi) is 2.99. The summed E-state index contributed by atoms with van der Waals surface area (Å²) < 4.78 is 36.9. The molecule has 15 heavy (non-hydrogen) atoms. The average molecular weight is 218 g/mol. The van der Waals surface area contributed by atoms with Crippen molar-refractivity contribution in [3.8, 4) is 0 Å². The number of amides is 1. The molecular weight excluding hydrogens is 209 g/mol. The van der Waals surface area contributed by atoms with Gasteiger partial charge in [-0.05, 0) is 11.6 Å². The highest BCUT2D eigenvalue weighted by molar-refractivity contribution is 5.94. The van der Waals surface area contributed by atoms with E-state index in [-0.39, 0.29) is 11.1 Å². The Bertz CT molecular complexity index is 376. The molecule has 1 amide bonds. The smallest absolute Gasteiger partial charge is 0.366 e. The van der Waals surface area contributed by atoms with E-state index in [2.05, 4.69) is 0 Å². The van der Waals surface area contributed by atoms with E-state index in [4.69, 9.17) is 11.5 Å². The predicted molar refractivity (Wildman–Crippen MR) is 47.9 cm³/mol. The molecule has 0 unspecified atom stereocenters. The SMILES string of the molecule is NC(=O)c1ccccc1[C@@H](N)C(F)(F)F. The summed E-state index contributed by atoms with van der Waals surface area (Å²) in [5.74, 6) is -0.926. The van der Waals surface area contributed by atoms with Crippen molar-refractivity contribution < 1.29 is 18.0 Å². The van der Waals surface area contributed by atoms with E-state index in [9.17, 15) is 18.0 Å². The van der Waals surface area contributed by atoms with Gasteiger partial charge in [-0.25, -0.2) is 0 Å². The molecule has 1 rings (SSSR count). The van der Waals surface area contributed by atoms with Crippen LogP contribution < -0.4 is 11.5 Å². The summed E-state index contributed by atoms with van der Waals surface area (Å²) in [7, 11) is 0. The Hall–Kier alpha value is -1.56. The molecule has 1 aromatic carbocycles. The zero-order chi connectivity index (χ0) is 11.6. The number of halogens is 3. The molecule has 0 spiro atoms. The molecule has 1 atom stereocenters. The summed E-state index contributed by atoms with van der Waals surface area (Å²) in [5.41, 5.74) is 9.40. The molecule has 0 aliphatic heterocycles. The van der Waals surface area contributed by atoms with Crippen molar-refractivity contribution in [2.24, 2.45) is 11.5 Å². The first-order valence-electron chi connectivity index (χ1n) is 4.05. The lowest BCUT2D eigenvalue weighted by molar-refractivity contribution is -0.149. The zero-order valence-electron chi connectivity index (χ0n) is 7.58. The second kappa shape index (κ2) is 3.90. The quantitative estimate of drug-likeness (QED) is 0.786. The minimum Gasteiger partial charge on any atom is -0.366 e. The highest BCUT2D eigenvalue weighted by atomic mass is 19.4. The van der Waals surface area contributed by atoms with Gasteiger partial charge in [0.05, 0.1) is 0 Å². The Morgan fingerprint density at radius 2 is 1.80 bits per heavy atom. The van der Waals surface area contributed by atoms with Crippen molar-refractivity contribution in [2.75, 3.05) is 0 Å². The van der Waals surface area contributed by atoms with Crippen LogP contribution in [-0.2, 0) is 0 Å². The minimum absolute atomic E-state index is 0.206. The van der Waals surface area contributed by atoms with Crippen molar-refractivity contribution in [3.05, 3.63) is 35.4 Å². The van der Waals surface area contributed by atoms with Crippen LogP contribution in [0.5, 0.6) is 0 Å². The van der Waals surface area contributed by atoms with Crippen LogP contribution in [-0.4, -0.2) is 12.1 Å². The third-order valence-corrected chi connectivity index (χ3v) is 1.91. The topological polar surface area (TPSA) is 69.1 Å². The maximum atomic E-state index is 12.3. The van der Waals surface area contributed by atoms with E-state index >= 15 is 0 Å². The largest absolute Gasteiger partial charge is 0.407 e. The van der Waals surface area contributed by atoms with Crippen LogP contribution in [0.25, 0.3) is 0 Å². The van der Waals surface area contributed by atoms with Crippen molar-refractivity contribution >= 4 is 5.91 Å². The molecule has 3 nitrogen and oxygen atoms in total. The predicted octanol–water partition coefficient (Wildman–Crippen LogP) is 1.35. The number of alkyl halides is 3. The molecule has 0 fully saturated rings. The standard InChI is InChI=1S/C9H9F3N2O/c10-9(11,12)7(13)5-3-1-2-4-6(5)8(14)15/h1-4,7H,13H2,(H2,14,15)/t7-/m1/s1. The second-order valence-electron chi connectivity index (χ2n) is 2.97. The van der Waals surface area contributed by atoms with Gasteiger partial charge in [-0.3, -0.25) is 4.79 Å². The summed E-state index contributed by atoms with van der Waals surface area (Å²) in [6.07, 6.45) is -4.59. The van der Waals surface area contributed by atoms with Gasteiger partial charge < -0.3 is 11.5 Å². The zero-order valence-corrected chi connectivity index (χ0v) is 7.58. The number of rotatable bonds is 2. The van der Waals surface area contributed by atoms with Gasteiger partial charge in [-0.15, -0.1) is 0 Å². The van der Waals surface area contributed by atoms with E-state index in [0.717, 1.165) is 6.07 Å². The van der Waals surface area contributed by atoms with Crippen LogP contribution in [0.4, 0.5) is 13.2 Å². The number of carbonyl (C=O) groups excluding carboxylic acids is 1.